The average Bonchev–Trinajstić information content (AvgIpc) is 3.27. The normalized spacial score (nSPS) is 15.2. The van der Waals surface area contributed by atoms with E-state index >= 15 is 0 Å². The Bertz CT molecular complexity index is 724. The fraction of sp³-hybridized carbons (Fsp3) is 0.400. The molecule has 1 N–H and O–H groups in total. The van der Waals surface area contributed by atoms with E-state index in [1.54, 1.807) is 28.9 Å². The zero-order valence-electron chi connectivity index (χ0n) is 12.9. The number of ketones is 1. The molecule has 120 valence electrons. The van der Waals surface area contributed by atoms with Gasteiger partial charge in [0.1, 0.15) is 0 Å². The first-order chi connectivity index (χ1) is 11.0. The van der Waals surface area contributed by atoms with Crippen molar-refractivity contribution < 1.29 is 9.59 Å². The molecule has 1 atom stereocenters. The van der Waals surface area contributed by atoms with Crippen LogP contribution in [0.25, 0.3) is 0 Å². The van der Waals surface area contributed by atoms with Crippen LogP contribution in [0, 0.1) is 0 Å². The van der Waals surface area contributed by atoms with Gasteiger partial charge in [-0.25, -0.2) is 4.68 Å². The highest BCUT2D eigenvalue weighted by Gasteiger charge is 2.29. The molecule has 1 unspecified atom stereocenters. The number of hydrogen-bond donors (Lipinski definition) is 1. The molecule has 8 heteroatoms. The minimum absolute atomic E-state index is 0.00900. The molecule has 23 heavy (non-hydrogen) atoms. The SMILES string of the molecule is CC(=O)Nc1ccc(C(=O)C(C)Sc2nnnn2C2CC2)cc1. The summed E-state index contributed by atoms with van der Waals surface area (Å²) in [5, 5.41) is 14.8. The van der Waals surface area contributed by atoms with Gasteiger partial charge in [-0.15, -0.1) is 5.10 Å². The fourth-order valence-electron chi connectivity index (χ4n) is 2.18. The number of aromatic nitrogens is 4. The molecule has 1 saturated carbocycles. The first-order valence-electron chi connectivity index (χ1n) is 7.41. The van der Waals surface area contributed by atoms with E-state index in [9.17, 15) is 9.59 Å². The first kappa shape index (κ1) is 15.7. The predicted octanol–water partition coefficient (Wildman–Crippen LogP) is 2.33. The van der Waals surface area contributed by atoms with E-state index in [0.717, 1.165) is 12.8 Å². The summed E-state index contributed by atoms with van der Waals surface area (Å²) in [4.78, 5) is 23.5. The summed E-state index contributed by atoms with van der Waals surface area (Å²) in [5.41, 5.74) is 1.27. The summed E-state index contributed by atoms with van der Waals surface area (Å²) in [7, 11) is 0. The average molecular weight is 331 g/mol. The topological polar surface area (TPSA) is 89.8 Å². The highest BCUT2D eigenvalue weighted by atomic mass is 32.2. The molecule has 1 amide bonds. The van der Waals surface area contributed by atoms with Crippen LogP contribution in [0.1, 0.15) is 43.1 Å². The van der Waals surface area contributed by atoms with E-state index in [1.165, 1.54) is 18.7 Å². The molecule has 2 aromatic rings. The molecule has 1 fully saturated rings. The smallest absolute Gasteiger partial charge is 0.221 e. The zero-order chi connectivity index (χ0) is 16.4. The van der Waals surface area contributed by atoms with Crippen molar-refractivity contribution >= 4 is 29.1 Å². The largest absolute Gasteiger partial charge is 0.326 e. The van der Waals surface area contributed by atoms with Crippen molar-refractivity contribution in [3.05, 3.63) is 29.8 Å². The van der Waals surface area contributed by atoms with Gasteiger partial charge in [0.15, 0.2) is 5.78 Å². The van der Waals surface area contributed by atoms with Gasteiger partial charge in [0.25, 0.3) is 0 Å². The highest BCUT2D eigenvalue weighted by molar-refractivity contribution is 8.00. The number of carbonyl (C=O) groups is 2. The van der Waals surface area contributed by atoms with Gasteiger partial charge in [0.2, 0.25) is 11.1 Å². The van der Waals surface area contributed by atoms with Crippen molar-refractivity contribution in [2.45, 2.75) is 43.1 Å². The van der Waals surface area contributed by atoms with Crippen LogP contribution >= 0.6 is 11.8 Å². The molecule has 7 nitrogen and oxygen atoms in total. The number of hydrogen-bond acceptors (Lipinski definition) is 6. The third kappa shape index (κ3) is 3.76. The number of nitrogens with one attached hydrogen (secondary N) is 1. The number of anilines is 1. The van der Waals surface area contributed by atoms with E-state index in [4.69, 9.17) is 0 Å². The van der Waals surface area contributed by atoms with Crippen LogP contribution in [-0.2, 0) is 4.79 Å². The van der Waals surface area contributed by atoms with Crippen molar-refractivity contribution in [2.75, 3.05) is 5.32 Å². The molecule has 3 rings (SSSR count). The maximum absolute atomic E-state index is 12.5. The number of amides is 1. The number of benzene rings is 1. The second kappa shape index (κ2) is 6.49. The number of rotatable bonds is 6. The molecule has 1 heterocycles. The Morgan fingerprint density at radius 2 is 2.00 bits per heavy atom. The maximum Gasteiger partial charge on any atom is 0.221 e. The van der Waals surface area contributed by atoms with E-state index in [-0.39, 0.29) is 16.9 Å². The lowest BCUT2D eigenvalue weighted by atomic mass is 10.1. The van der Waals surface area contributed by atoms with Crippen LogP contribution in [0.5, 0.6) is 0 Å². The minimum Gasteiger partial charge on any atom is -0.326 e. The molecule has 1 aromatic carbocycles. The van der Waals surface area contributed by atoms with Crippen LogP contribution in [0.4, 0.5) is 5.69 Å². The lowest BCUT2D eigenvalue weighted by Crippen LogP contribution is -2.15. The standard InChI is InChI=1S/C15H17N5O2S/c1-9(23-15-17-18-19-20(15)13-7-8-13)14(22)11-3-5-12(6-4-11)16-10(2)21/h3-6,9,13H,7-8H2,1-2H3,(H,16,21). The van der Waals surface area contributed by atoms with Crippen LogP contribution < -0.4 is 5.32 Å². The summed E-state index contributed by atoms with van der Waals surface area (Å²) >= 11 is 1.37. The molecular formula is C15H17N5O2S. The van der Waals surface area contributed by atoms with Gasteiger partial charge < -0.3 is 5.32 Å². The van der Waals surface area contributed by atoms with Gasteiger partial charge in [-0.05, 0) is 54.5 Å². The molecule has 0 radical (unpaired) electrons. The second-order valence-electron chi connectivity index (χ2n) is 5.52. The summed E-state index contributed by atoms with van der Waals surface area (Å²) in [6.45, 7) is 3.29. The molecular weight excluding hydrogens is 314 g/mol. The second-order valence-corrected chi connectivity index (χ2v) is 6.83. The Hall–Kier alpha value is -2.22. The third-order valence-corrected chi connectivity index (χ3v) is 4.54. The Balaban J connectivity index is 1.66. The van der Waals surface area contributed by atoms with Crippen molar-refractivity contribution in [3.63, 3.8) is 0 Å². The maximum atomic E-state index is 12.5. The van der Waals surface area contributed by atoms with Gasteiger partial charge in [0, 0.05) is 18.2 Å². The van der Waals surface area contributed by atoms with Gasteiger partial charge in [-0.3, -0.25) is 9.59 Å². The Morgan fingerprint density at radius 3 is 2.61 bits per heavy atom. The number of Topliss-reactive ketones (excluding diaryl/α,β-unsaturated/α-hetero) is 1. The van der Waals surface area contributed by atoms with Crippen molar-refractivity contribution in [2.24, 2.45) is 0 Å². The van der Waals surface area contributed by atoms with Gasteiger partial charge in [0.05, 0.1) is 11.3 Å². The van der Waals surface area contributed by atoms with E-state index < -0.39 is 0 Å². The molecule has 0 saturated heterocycles. The highest BCUT2D eigenvalue weighted by Crippen LogP contribution is 2.37. The van der Waals surface area contributed by atoms with Gasteiger partial charge in [-0.2, -0.15) is 0 Å². The Kier molecular flexibility index (Phi) is 4.42. The Morgan fingerprint density at radius 1 is 1.30 bits per heavy atom. The number of nitrogens with zero attached hydrogens (tertiary/aromatic N) is 4. The lowest BCUT2D eigenvalue weighted by Gasteiger charge is -2.10. The predicted molar refractivity (Wildman–Crippen MR) is 86.5 cm³/mol. The number of thioether (sulfide) groups is 1. The molecule has 0 bridgehead atoms. The van der Waals surface area contributed by atoms with E-state index in [1.807, 2.05) is 6.92 Å². The Labute approximate surface area is 137 Å². The first-order valence-corrected chi connectivity index (χ1v) is 8.29. The van der Waals surface area contributed by atoms with Crippen molar-refractivity contribution in [3.8, 4) is 0 Å². The third-order valence-electron chi connectivity index (χ3n) is 3.50. The molecule has 1 aromatic heterocycles. The number of carbonyl (C=O) groups excluding carboxylic acids is 2. The number of tetrazole rings is 1. The molecule has 1 aliphatic rings. The summed E-state index contributed by atoms with van der Waals surface area (Å²) < 4.78 is 1.80. The van der Waals surface area contributed by atoms with E-state index in [2.05, 4.69) is 20.8 Å². The van der Waals surface area contributed by atoms with Gasteiger partial charge >= 0.3 is 0 Å². The quantitative estimate of drug-likeness (QED) is 0.645. The monoisotopic (exact) mass is 331 g/mol. The van der Waals surface area contributed by atoms with E-state index in [0.29, 0.717) is 22.4 Å². The zero-order valence-corrected chi connectivity index (χ0v) is 13.7. The van der Waals surface area contributed by atoms with Crippen molar-refractivity contribution in [1.82, 2.24) is 20.2 Å². The van der Waals surface area contributed by atoms with Crippen LogP contribution in [-0.4, -0.2) is 37.1 Å². The van der Waals surface area contributed by atoms with Crippen LogP contribution in [0.2, 0.25) is 0 Å². The van der Waals surface area contributed by atoms with Crippen molar-refractivity contribution in [1.29, 1.82) is 0 Å². The van der Waals surface area contributed by atoms with Crippen LogP contribution in [0.15, 0.2) is 29.4 Å². The molecule has 1 aliphatic carbocycles. The lowest BCUT2D eigenvalue weighted by molar-refractivity contribution is -0.114. The summed E-state index contributed by atoms with van der Waals surface area (Å²) in [6, 6.07) is 7.26. The van der Waals surface area contributed by atoms with Gasteiger partial charge in [-0.1, -0.05) is 11.8 Å². The fourth-order valence-corrected chi connectivity index (χ4v) is 3.12. The summed E-state index contributed by atoms with van der Waals surface area (Å²) in [5.74, 6) is -0.130. The van der Waals surface area contributed by atoms with Crippen LogP contribution in [0.3, 0.4) is 0 Å². The minimum atomic E-state index is -0.287. The molecule has 0 spiro atoms. The summed E-state index contributed by atoms with van der Waals surface area (Å²) in [6.07, 6.45) is 2.18. The molecule has 0 aliphatic heterocycles.